The number of rotatable bonds is 8. The Hall–Kier alpha value is -4.29. The minimum atomic E-state index is -4.28. The van der Waals surface area contributed by atoms with Crippen molar-refractivity contribution in [1.82, 2.24) is 4.90 Å². The van der Waals surface area contributed by atoms with Crippen LogP contribution in [0, 0.1) is 0 Å². The number of hydrogen-bond donors (Lipinski definition) is 0. The van der Waals surface area contributed by atoms with Crippen LogP contribution in [0.5, 0.6) is 11.5 Å². The molecule has 0 radical (unpaired) electrons. The molecule has 0 saturated heterocycles. The monoisotopic (exact) mass is 589 g/mol. The van der Waals surface area contributed by atoms with Crippen molar-refractivity contribution < 1.29 is 32.7 Å². The lowest BCUT2D eigenvalue weighted by Crippen LogP contribution is -2.36. The smallest absolute Gasteiger partial charge is 0.457 e. The molecule has 0 spiro atoms. The number of hydrogen-bond acceptors (Lipinski definition) is 8. The number of carbonyl (C=O) groups excluding carboxylic acids is 2. The highest BCUT2D eigenvalue weighted by molar-refractivity contribution is 7.55. The van der Waals surface area contributed by atoms with Crippen LogP contribution in [0.1, 0.15) is 58.5 Å². The molecule has 0 aromatic heterocycles. The summed E-state index contributed by atoms with van der Waals surface area (Å²) in [6.07, 6.45) is 4.39. The predicted molar refractivity (Wildman–Crippen MR) is 162 cm³/mol. The van der Waals surface area contributed by atoms with E-state index in [1.54, 1.807) is 114 Å². The summed E-state index contributed by atoms with van der Waals surface area (Å²) < 4.78 is 38.8. The van der Waals surface area contributed by atoms with Crippen molar-refractivity contribution in [2.75, 3.05) is 0 Å². The second kappa shape index (κ2) is 12.3. The van der Waals surface area contributed by atoms with Gasteiger partial charge in [0.25, 0.3) is 0 Å². The molecule has 1 atom stereocenters. The predicted octanol–water partition coefficient (Wildman–Crippen LogP) is 7.89. The topological polar surface area (TPSA) is 91.4 Å². The largest absolute Gasteiger partial charge is 0.458 e. The van der Waals surface area contributed by atoms with Crippen molar-refractivity contribution in [3.05, 3.63) is 114 Å². The molecular formula is C33H36NO7P. The number of ether oxygens (including phenoxy) is 2. The summed E-state index contributed by atoms with van der Waals surface area (Å²) in [4.78, 5) is 28.2. The fraction of sp³-hybridized carbons (Fsp3) is 0.273. The molecule has 4 rings (SSSR count). The summed E-state index contributed by atoms with van der Waals surface area (Å²) in [5, 5.41) is 0. The van der Waals surface area contributed by atoms with Gasteiger partial charge in [0.05, 0.1) is 6.08 Å². The van der Waals surface area contributed by atoms with E-state index in [1.165, 1.54) is 4.90 Å². The van der Waals surface area contributed by atoms with E-state index in [0.717, 1.165) is 11.6 Å². The standard InChI is InChI=1S/C33H36NO7P/c1-32(2,3)38-29(35)23-28(31(36)39-33(4,5)6)34-22-21-24-15-13-14-20-27(24)30(34)42(37,40-25-16-9-7-10-17-25)41-26-18-11-8-12-19-26/h7-23,30H,1-6H3/b28-23+. The van der Waals surface area contributed by atoms with Gasteiger partial charge in [-0.15, -0.1) is 0 Å². The van der Waals surface area contributed by atoms with E-state index >= 15 is 4.57 Å². The first-order valence-electron chi connectivity index (χ1n) is 13.6. The van der Waals surface area contributed by atoms with E-state index in [2.05, 4.69) is 0 Å². The van der Waals surface area contributed by atoms with Crippen molar-refractivity contribution in [3.63, 3.8) is 0 Å². The third-order valence-electron chi connectivity index (χ3n) is 5.75. The Kier molecular flexibility index (Phi) is 8.97. The molecule has 1 unspecified atom stereocenters. The van der Waals surface area contributed by atoms with Gasteiger partial charge in [-0.05, 0) is 83.0 Å². The molecule has 3 aromatic rings. The van der Waals surface area contributed by atoms with E-state index in [1.807, 2.05) is 24.3 Å². The summed E-state index contributed by atoms with van der Waals surface area (Å²) in [5.74, 6) is -2.16. The first kappa shape index (κ1) is 30.7. The van der Waals surface area contributed by atoms with E-state index in [4.69, 9.17) is 18.5 Å². The number of benzene rings is 3. The lowest BCUT2D eigenvalue weighted by atomic mass is 10.0. The van der Waals surface area contributed by atoms with Gasteiger partial charge in [0.1, 0.15) is 28.4 Å². The average Bonchev–Trinajstić information content (AvgIpc) is 2.90. The highest BCUT2D eigenvalue weighted by atomic mass is 31.2. The molecule has 1 aliphatic heterocycles. The molecule has 9 heteroatoms. The molecule has 0 N–H and O–H groups in total. The van der Waals surface area contributed by atoms with Gasteiger partial charge in [0, 0.05) is 6.20 Å². The molecular weight excluding hydrogens is 553 g/mol. The SMILES string of the molecule is CC(C)(C)OC(=O)/C=C(\C(=O)OC(C)(C)C)N1C=Cc2ccccc2C1P(=O)(Oc1ccccc1)Oc1ccccc1. The van der Waals surface area contributed by atoms with Crippen molar-refractivity contribution in [3.8, 4) is 11.5 Å². The normalized spacial score (nSPS) is 15.4. The summed E-state index contributed by atoms with van der Waals surface area (Å²) >= 11 is 0. The van der Waals surface area contributed by atoms with E-state index in [9.17, 15) is 9.59 Å². The molecule has 42 heavy (non-hydrogen) atoms. The number of nitrogens with zero attached hydrogens (tertiary/aromatic N) is 1. The highest BCUT2D eigenvalue weighted by Crippen LogP contribution is 2.63. The average molecular weight is 590 g/mol. The maximum absolute atomic E-state index is 15.2. The summed E-state index contributed by atoms with van der Waals surface area (Å²) in [6.45, 7) is 10.3. The first-order chi connectivity index (χ1) is 19.7. The van der Waals surface area contributed by atoms with Crippen LogP contribution < -0.4 is 9.05 Å². The molecule has 3 aromatic carbocycles. The lowest BCUT2D eigenvalue weighted by Gasteiger charge is -2.38. The van der Waals surface area contributed by atoms with Gasteiger partial charge < -0.3 is 23.4 Å². The first-order valence-corrected chi connectivity index (χ1v) is 15.2. The molecule has 0 fully saturated rings. The van der Waals surface area contributed by atoms with Gasteiger partial charge in [-0.3, -0.25) is 0 Å². The summed E-state index contributed by atoms with van der Waals surface area (Å²) in [6, 6.07) is 24.6. The van der Waals surface area contributed by atoms with Gasteiger partial charge in [-0.25, -0.2) is 14.2 Å². The number of fused-ring (bicyclic) bond motifs is 1. The van der Waals surface area contributed by atoms with E-state index in [0.29, 0.717) is 17.1 Å². The molecule has 0 aliphatic carbocycles. The Labute approximate surface area is 247 Å². The van der Waals surface area contributed by atoms with Gasteiger partial charge in [0.2, 0.25) is 0 Å². The Balaban J connectivity index is 1.92. The third-order valence-corrected chi connectivity index (χ3v) is 7.81. The highest BCUT2D eigenvalue weighted by Gasteiger charge is 2.48. The quantitative estimate of drug-likeness (QED) is 0.149. The lowest BCUT2D eigenvalue weighted by molar-refractivity contribution is -0.154. The second-order valence-corrected chi connectivity index (χ2v) is 13.6. The van der Waals surface area contributed by atoms with Crippen LogP contribution in [0.4, 0.5) is 0 Å². The number of esters is 2. The van der Waals surface area contributed by atoms with Crippen molar-refractivity contribution >= 4 is 25.6 Å². The van der Waals surface area contributed by atoms with Crippen LogP contribution in [0.15, 0.2) is 103 Å². The van der Waals surface area contributed by atoms with Crippen LogP contribution in [-0.2, 0) is 23.6 Å². The van der Waals surface area contributed by atoms with Crippen molar-refractivity contribution in [2.45, 2.75) is 58.5 Å². The van der Waals surface area contributed by atoms with Crippen LogP contribution in [0.25, 0.3) is 6.08 Å². The Morgan fingerprint density at radius 1 is 0.738 bits per heavy atom. The van der Waals surface area contributed by atoms with Crippen LogP contribution in [0.2, 0.25) is 0 Å². The van der Waals surface area contributed by atoms with E-state index < -0.39 is 36.5 Å². The Morgan fingerprint density at radius 2 is 1.24 bits per heavy atom. The Morgan fingerprint density at radius 3 is 1.76 bits per heavy atom. The van der Waals surface area contributed by atoms with Gasteiger partial charge in [0.15, 0.2) is 5.78 Å². The Bertz CT molecular complexity index is 1470. The minimum absolute atomic E-state index is 0.191. The molecule has 220 valence electrons. The summed E-state index contributed by atoms with van der Waals surface area (Å²) in [5.41, 5.74) is -0.592. The fourth-order valence-electron chi connectivity index (χ4n) is 4.21. The molecule has 0 amide bonds. The molecule has 8 nitrogen and oxygen atoms in total. The second-order valence-electron chi connectivity index (χ2n) is 11.6. The van der Waals surface area contributed by atoms with Gasteiger partial charge >= 0.3 is 19.5 Å². The maximum Gasteiger partial charge on any atom is 0.458 e. The zero-order chi connectivity index (χ0) is 30.5. The van der Waals surface area contributed by atoms with Crippen molar-refractivity contribution in [2.24, 2.45) is 0 Å². The van der Waals surface area contributed by atoms with Crippen molar-refractivity contribution in [1.29, 1.82) is 0 Å². The minimum Gasteiger partial charge on any atom is -0.457 e. The maximum atomic E-state index is 15.2. The number of carbonyl (C=O) groups is 2. The third kappa shape index (κ3) is 7.92. The van der Waals surface area contributed by atoms with Gasteiger partial charge in [-0.2, -0.15) is 0 Å². The van der Waals surface area contributed by atoms with Crippen LogP contribution >= 0.6 is 7.60 Å². The van der Waals surface area contributed by atoms with E-state index in [-0.39, 0.29) is 5.70 Å². The summed E-state index contributed by atoms with van der Waals surface area (Å²) in [7, 11) is -4.28. The van der Waals surface area contributed by atoms with Gasteiger partial charge in [-0.1, -0.05) is 60.7 Å². The van der Waals surface area contributed by atoms with Crippen LogP contribution in [0.3, 0.4) is 0 Å². The molecule has 1 aliphatic rings. The fourth-order valence-corrected chi connectivity index (χ4v) is 6.36. The molecule has 0 bridgehead atoms. The zero-order valence-corrected chi connectivity index (χ0v) is 25.5. The molecule has 0 saturated carbocycles. The van der Waals surface area contributed by atoms with Crippen LogP contribution in [-0.4, -0.2) is 28.0 Å². The number of para-hydroxylation sites is 2. The molecule has 1 heterocycles. The zero-order valence-electron chi connectivity index (χ0n) is 24.6.